The van der Waals surface area contributed by atoms with E-state index in [1.165, 1.54) is 0 Å². The van der Waals surface area contributed by atoms with Crippen LogP contribution in [0.3, 0.4) is 0 Å². The van der Waals surface area contributed by atoms with Crippen LogP contribution in [0.2, 0.25) is 10.0 Å². The van der Waals surface area contributed by atoms with Crippen LogP contribution in [-0.4, -0.2) is 30.9 Å². The fourth-order valence-electron chi connectivity index (χ4n) is 1.98. The van der Waals surface area contributed by atoms with Gasteiger partial charge in [0.25, 0.3) is 0 Å². The van der Waals surface area contributed by atoms with Crippen LogP contribution in [-0.2, 0) is 6.42 Å². The highest BCUT2D eigenvalue weighted by Gasteiger charge is 2.05. The molecular weight excluding hydrogens is 321 g/mol. The van der Waals surface area contributed by atoms with E-state index in [0.717, 1.165) is 24.3 Å². The van der Waals surface area contributed by atoms with Gasteiger partial charge in [-0.3, -0.25) is 0 Å². The van der Waals surface area contributed by atoms with E-state index in [4.69, 9.17) is 27.9 Å². The second-order valence-electron chi connectivity index (χ2n) is 4.97. The molecule has 0 aromatic heterocycles. The number of halogens is 2. The molecule has 1 atom stereocenters. The van der Waals surface area contributed by atoms with Gasteiger partial charge in [-0.25, -0.2) is 0 Å². The second kappa shape index (κ2) is 9.01. The summed E-state index contributed by atoms with van der Waals surface area (Å²) < 4.78 is 5.49. The van der Waals surface area contributed by atoms with Gasteiger partial charge >= 0.3 is 0 Å². The van der Waals surface area contributed by atoms with Crippen molar-refractivity contribution in [2.75, 3.05) is 19.7 Å². The topological polar surface area (TPSA) is 41.5 Å². The van der Waals surface area contributed by atoms with Crippen LogP contribution in [0.25, 0.3) is 0 Å². The maximum Gasteiger partial charge on any atom is 0.119 e. The number of aliphatic hydroxyl groups excluding tert-OH is 1. The monoisotopic (exact) mass is 339 g/mol. The average Bonchev–Trinajstić information content (AvgIpc) is 2.52. The van der Waals surface area contributed by atoms with Crippen LogP contribution in [0.5, 0.6) is 5.75 Å². The van der Waals surface area contributed by atoms with Crippen LogP contribution in [0.15, 0.2) is 48.5 Å². The van der Waals surface area contributed by atoms with E-state index in [2.05, 4.69) is 5.32 Å². The third-order valence-electron chi connectivity index (χ3n) is 3.15. The third-order valence-corrected chi connectivity index (χ3v) is 3.74. The number of nitrogens with one attached hydrogen (secondary N) is 1. The average molecular weight is 340 g/mol. The summed E-state index contributed by atoms with van der Waals surface area (Å²) in [5.74, 6) is 0.759. The minimum absolute atomic E-state index is 0.263. The van der Waals surface area contributed by atoms with Gasteiger partial charge in [-0.2, -0.15) is 0 Å². The largest absolute Gasteiger partial charge is 0.491 e. The second-order valence-corrected chi connectivity index (χ2v) is 5.81. The number of para-hydroxylation sites is 1. The van der Waals surface area contributed by atoms with E-state index >= 15 is 0 Å². The molecule has 3 nitrogen and oxygen atoms in total. The Hall–Kier alpha value is -1.26. The van der Waals surface area contributed by atoms with Gasteiger partial charge in [0.1, 0.15) is 18.5 Å². The van der Waals surface area contributed by atoms with Crippen molar-refractivity contribution >= 4 is 23.2 Å². The standard InChI is InChI=1S/C17H19Cl2NO2/c18-14-7-6-13(17(19)10-14)8-9-20-11-15(21)12-22-16-4-2-1-3-5-16/h1-7,10,15,20-21H,8-9,11-12H2/t15-/m0/s1. The summed E-state index contributed by atoms with van der Waals surface area (Å²) in [6, 6.07) is 14.9. The predicted molar refractivity (Wildman–Crippen MR) is 91.0 cm³/mol. The Bertz CT molecular complexity index is 578. The van der Waals surface area contributed by atoms with Crippen molar-refractivity contribution in [2.45, 2.75) is 12.5 Å². The summed E-state index contributed by atoms with van der Waals surface area (Å²) in [6.07, 6.45) is 0.225. The van der Waals surface area contributed by atoms with Gasteiger partial charge < -0.3 is 15.2 Å². The van der Waals surface area contributed by atoms with Crippen LogP contribution < -0.4 is 10.1 Å². The maximum absolute atomic E-state index is 9.87. The van der Waals surface area contributed by atoms with Gasteiger partial charge in [-0.05, 0) is 42.8 Å². The number of hydrogen-bond acceptors (Lipinski definition) is 3. The van der Waals surface area contributed by atoms with Crippen molar-refractivity contribution in [2.24, 2.45) is 0 Å². The lowest BCUT2D eigenvalue weighted by Gasteiger charge is -2.13. The highest BCUT2D eigenvalue weighted by atomic mass is 35.5. The lowest BCUT2D eigenvalue weighted by molar-refractivity contribution is 0.106. The van der Waals surface area contributed by atoms with E-state index in [0.29, 0.717) is 16.6 Å². The summed E-state index contributed by atoms with van der Waals surface area (Å²) >= 11 is 12.0. The van der Waals surface area contributed by atoms with Crippen LogP contribution in [0.1, 0.15) is 5.56 Å². The molecule has 22 heavy (non-hydrogen) atoms. The van der Waals surface area contributed by atoms with E-state index in [-0.39, 0.29) is 6.61 Å². The van der Waals surface area contributed by atoms with E-state index in [1.807, 2.05) is 42.5 Å². The molecule has 0 aliphatic rings. The molecule has 0 aliphatic heterocycles. The summed E-state index contributed by atoms with van der Waals surface area (Å²) in [4.78, 5) is 0. The number of rotatable bonds is 8. The summed E-state index contributed by atoms with van der Waals surface area (Å²) in [5.41, 5.74) is 1.04. The van der Waals surface area contributed by atoms with Crippen molar-refractivity contribution in [1.82, 2.24) is 5.32 Å². The number of aliphatic hydroxyl groups is 1. The molecule has 0 spiro atoms. The zero-order chi connectivity index (χ0) is 15.8. The molecule has 2 aromatic rings. The molecule has 118 valence electrons. The molecule has 0 bridgehead atoms. The quantitative estimate of drug-likeness (QED) is 0.722. The Balaban J connectivity index is 1.63. The maximum atomic E-state index is 9.87. The third kappa shape index (κ3) is 5.85. The molecule has 0 amide bonds. The molecule has 2 rings (SSSR count). The zero-order valence-electron chi connectivity index (χ0n) is 12.1. The molecule has 0 saturated heterocycles. The Morgan fingerprint density at radius 3 is 2.59 bits per heavy atom. The van der Waals surface area contributed by atoms with Crippen molar-refractivity contribution in [3.63, 3.8) is 0 Å². The molecule has 0 radical (unpaired) electrons. The SMILES string of the molecule is O[C@@H](CNCCc1ccc(Cl)cc1Cl)COc1ccccc1. The smallest absolute Gasteiger partial charge is 0.119 e. The molecule has 0 heterocycles. The van der Waals surface area contributed by atoms with Gasteiger partial charge in [0.05, 0.1) is 0 Å². The first-order valence-electron chi connectivity index (χ1n) is 7.15. The Morgan fingerprint density at radius 1 is 1.09 bits per heavy atom. The van der Waals surface area contributed by atoms with Gasteiger partial charge in [0.15, 0.2) is 0 Å². The van der Waals surface area contributed by atoms with Crippen molar-refractivity contribution < 1.29 is 9.84 Å². The normalized spacial score (nSPS) is 12.1. The first-order valence-corrected chi connectivity index (χ1v) is 7.91. The summed E-state index contributed by atoms with van der Waals surface area (Å²) in [6.45, 7) is 1.46. The molecule has 0 saturated carbocycles. The molecule has 0 aliphatic carbocycles. The number of ether oxygens (including phenoxy) is 1. The summed E-state index contributed by atoms with van der Waals surface area (Å²) in [5, 5.41) is 14.4. The van der Waals surface area contributed by atoms with E-state index in [9.17, 15) is 5.11 Å². The molecule has 2 aromatic carbocycles. The van der Waals surface area contributed by atoms with Gasteiger partial charge in [0, 0.05) is 16.6 Å². The van der Waals surface area contributed by atoms with Crippen LogP contribution >= 0.6 is 23.2 Å². The fourth-order valence-corrected chi connectivity index (χ4v) is 2.49. The number of benzene rings is 2. The predicted octanol–water partition coefficient (Wildman–Crippen LogP) is 3.57. The van der Waals surface area contributed by atoms with E-state index in [1.54, 1.807) is 6.07 Å². The zero-order valence-corrected chi connectivity index (χ0v) is 13.6. The Morgan fingerprint density at radius 2 is 1.86 bits per heavy atom. The first kappa shape index (κ1) is 17.1. The van der Waals surface area contributed by atoms with Crippen LogP contribution in [0, 0.1) is 0 Å². The molecular formula is C17H19Cl2NO2. The summed E-state index contributed by atoms with van der Waals surface area (Å²) in [7, 11) is 0. The van der Waals surface area contributed by atoms with E-state index < -0.39 is 6.10 Å². The Labute approximate surface area is 140 Å². The van der Waals surface area contributed by atoms with Crippen molar-refractivity contribution in [1.29, 1.82) is 0 Å². The Kier molecular flexibility index (Phi) is 7.00. The molecule has 0 fully saturated rings. The highest BCUT2D eigenvalue weighted by molar-refractivity contribution is 6.35. The van der Waals surface area contributed by atoms with Crippen LogP contribution in [0.4, 0.5) is 0 Å². The van der Waals surface area contributed by atoms with Gasteiger partial charge in [0.2, 0.25) is 0 Å². The van der Waals surface area contributed by atoms with Gasteiger partial charge in [-0.15, -0.1) is 0 Å². The van der Waals surface area contributed by atoms with Crippen molar-refractivity contribution in [3.8, 4) is 5.75 Å². The molecule has 2 N–H and O–H groups in total. The first-order chi connectivity index (χ1) is 10.6. The fraction of sp³-hybridized carbons (Fsp3) is 0.294. The number of hydrogen-bond donors (Lipinski definition) is 2. The molecule has 0 unspecified atom stereocenters. The minimum Gasteiger partial charge on any atom is -0.491 e. The minimum atomic E-state index is -0.555. The van der Waals surface area contributed by atoms with Gasteiger partial charge in [-0.1, -0.05) is 47.5 Å². The highest BCUT2D eigenvalue weighted by Crippen LogP contribution is 2.21. The lowest BCUT2D eigenvalue weighted by Crippen LogP contribution is -2.32. The lowest BCUT2D eigenvalue weighted by atomic mass is 10.1. The van der Waals surface area contributed by atoms with Crippen molar-refractivity contribution in [3.05, 3.63) is 64.1 Å². The molecule has 5 heteroatoms.